The van der Waals surface area contributed by atoms with Crippen molar-refractivity contribution < 1.29 is 28.2 Å². The molecule has 2 heterocycles. The molecule has 1 amide bonds. The van der Waals surface area contributed by atoms with Gasteiger partial charge in [0.15, 0.2) is 11.6 Å². The number of ether oxygens (including phenoxy) is 1. The molecule has 172 valence electrons. The van der Waals surface area contributed by atoms with Crippen LogP contribution in [-0.4, -0.2) is 89.6 Å². The van der Waals surface area contributed by atoms with Crippen molar-refractivity contribution in [3.8, 4) is 5.75 Å². The number of carbonyl (C=O) groups is 2. The fourth-order valence-electron chi connectivity index (χ4n) is 4.27. The topological polar surface area (TPSA) is 73.3 Å². The molecule has 0 spiro atoms. The average Bonchev–Trinajstić information content (AvgIpc) is 3.07. The number of piperazine rings is 1. The second kappa shape index (κ2) is 10.4. The summed E-state index contributed by atoms with van der Waals surface area (Å²) in [6.07, 6.45) is 0.630. The van der Waals surface area contributed by atoms with Crippen LogP contribution in [0.3, 0.4) is 0 Å². The average molecular weight is 440 g/mol. The van der Waals surface area contributed by atoms with Crippen LogP contribution in [0.2, 0.25) is 0 Å². The van der Waals surface area contributed by atoms with Crippen LogP contribution in [0, 0.1) is 17.6 Å². The van der Waals surface area contributed by atoms with Crippen molar-refractivity contribution in [2.45, 2.75) is 38.8 Å². The Kier molecular flexibility index (Phi) is 7.83. The number of carboxylic acids is 1. The number of rotatable bonds is 8. The van der Waals surface area contributed by atoms with Gasteiger partial charge in [0, 0.05) is 57.7 Å². The number of carbonyl (C=O) groups excluding carboxylic acids is 1. The molecule has 2 fully saturated rings. The molecule has 3 rings (SSSR count). The van der Waals surface area contributed by atoms with Gasteiger partial charge < -0.3 is 14.7 Å². The van der Waals surface area contributed by atoms with Gasteiger partial charge in [-0.25, -0.2) is 8.78 Å². The number of nitrogens with zero attached hydrogens (tertiary/aromatic N) is 3. The lowest BCUT2D eigenvalue weighted by atomic mass is 10.1. The second-order valence-electron chi connectivity index (χ2n) is 8.82. The Bertz CT molecular complexity index is 784. The maximum atomic E-state index is 14.0. The fraction of sp³-hybridized carbons (Fsp3) is 0.636. The third-order valence-electron chi connectivity index (χ3n) is 5.76. The summed E-state index contributed by atoms with van der Waals surface area (Å²) in [5, 5.41) is 8.95. The first-order valence-electron chi connectivity index (χ1n) is 10.8. The third kappa shape index (κ3) is 6.61. The number of benzene rings is 1. The van der Waals surface area contributed by atoms with E-state index in [0.717, 1.165) is 25.2 Å². The van der Waals surface area contributed by atoms with Crippen molar-refractivity contribution in [1.29, 1.82) is 0 Å². The molecule has 2 saturated heterocycles. The Morgan fingerprint density at radius 3 is 2.45 bits per heavy atom. The van der Waals surface area contributed by atoms with E-state index in [4.69, 9.17) is 9.84 Å². The van der Waals surface area contributed by atoms with Gasteiger partial charge in [-0.2, -0.15) is 0 Å². The summed E-state index contributed by atoms with van der Waals surface area (Å²) in [4.78, 5) is 29.7. The summed E-state index contributed by atoms with van der Waals surface area (Å²) >= 11 is 0. The van der Waals surface area contributed by atoms with Crippen LogP contribution in [0.15, 0.2) is 18.2 Å². The van der Waals surface area contributed by atoms with E-state index in [1.54, 1.807) is 0 Å². The summed E-state index contributed by atoms with van der Waals surface area (Å²) in [6, 6.07) is 3.16. The van der Waals surface area contributed by atoms with E-state index < -0.39 is 17.6 Å². The number of hydrogen-bond acceptors (Lipinski definition) is 5. The fourth-order valence-corrected chi connectivity index (χ4v) is 4.27. The number of carboxylic acid groups (broad SMARTS) is 1. The highest BCUT2D eigenvalue weighted by atomic mass is 19.1. The van der Waals surface area contributed by atoms with Gasteiger partial charge in [0.05, 0.1) is 13.1 Å². The lowest BCUT2D eigenvalue weighted by Gasteiger charge is -2.36. The zero-order valence-corrected chi connectivity index (χ0v) is 18.1. The minimum absolute atomic E-state index is 0.00871. The summed E-state index contributed by atoms with van der Waals surface area (Å²) in [6.45, 7) is 7.85. The number of likely N-dealkylation sites (tertiary alicyclic amines) is 1. The van der Waals surface area contributed by atoms with E-state index in [2.05, 4.69) is 4.90 Å². The molecule has 0 bridgehead atoms. The first-order chi connectivity index (χ1) is 14.7. The van der Waals surface area contributed by atoms with Gasteiger partial charge in [-0.3, -0.25) is 19.4 Å². The zero-order valence-electron chi connectivity index (χ0n) is 18.1. The largest absolute Gasteiger partial charge is 0.485 e. The highest BCUT2D eigenvalue weighted by Crippen LogP contribution is 2.27. The van der Waals surface area contributed by atoms with Crippen molar-refractivity contribution >= 4 is 11.9 Å². The molecular weight excluding hydrogens is 408 g/mol. The van der Waals surface area contributed by atoms with E-state index >= 15 is 0 Å². The molecule has 0 aliphatic carbocycles. The Hall–Kier alpha value is -2.26. The Morgan fingerprint density at radius 1 is 1.16 bits per heavy atom. The number of hydrogen-bond donors (Lipinski definition) is 1. The van der Waals surface area contributed by atoms with E-state index in [0.29, 0.717) is 39.0 Å². The van der Waals surface area contributed by atoms with Gasteiger partial charge in [0.2, 0.25) is 5.91 Å². The quantitative estimate of drug-likeness (QED) is 0.669. The van der Waals surface area contributed by atoms with Crippen LogP contribution in [-0.2, 0) is 9.59 Å². The first kappa shape index (κ1) is 23.4. The Balaban J connectivity index is 1.63. The summed E-state index contributed by atoms with van der Waals surface area (Å²) < 4.78 is 33.0. The van der Waals surface area contributed by atoms with Crippen molar-refractivity contribution in [2.24, 2.45) is 5.92 Å². The summed E-state index contributed by atoms with van der Waals surface area (Å²) in [5.74, 6) is -1.98. The summed E-state index contributed by atoms with van der Waals surface area (Å²) in [5.41, 5.74) is 0. The smallest absolute Gasteiger partial charge is 0.317 e. The molecule has 1 aromatic carbocycles. The van der Waals surface area contributed by atoms with E-state index in [1.165, 1.54) is 6.07 Å². The third-order valence-corrected chi connectivity index (χ3v) is 5.76. The van der Waals surface area contributed by atoms with Gasteiger partial charge in [0.25, 0.3) is 0 Å². The van der Waals surface area contributed by atoms with Crippen LogP contribution < -0.4 is 4.74 Å². The van der Waals surface area contributed by atoms with Crippen molar-refractivity contribution in [3.63, 3.8) is 0 Å². The monoisotopic (exact) mass is 439 g/mol. The van der Waals surface area contributed by atoms with E-state index in [9.17, 15) is 18.4 Å². The van der Waals surface area contributed by atoms with Crippen LogP contribution >= 0.6 is 0 Å². The van der Waals surface area contributed by atoms with Gasteiger partial charge in [-0.15, -0.1) is 0 Å². The van der Waals surface area contributed by atoms with Gasteiger partial charge in [-0.05, 0) is 18.1 Å². The standard InChI is InChI=1S/C22H31F2N3O4/c1-15(2)9-21(28)27-13-18(31-20-4-3-16(23)10-19(20)24)11-17(27)12-25-5-7-26(8-6-25)14-22(29)30/h3-4,10,15,17-18H,5-9,11-14H2,1-2H3,(H,29,30). The minimum atomic E-state index is -0.831. The van der Waals surface area contributed by atoms with E-state index in [1.807, 2.05) is 23.6 Å². The molecule has 1 N–H and O–H groups in total. The SMILES string of the molecule is CC(C)CC(=O)N1CC(Oc2ccc(F)cc2F)CC1CN1CCN(CC(=O)O)CC1. The molecule has 2 unspecified atom stereocenters. The highest BCUT2D eigenvalue weighted by Gasteiger charge is 2.38. The minimum Gasteiger partial charge on any atom is -0.485 e. The number of aliphatic carboxylic acids is 1. The molecule has 0 saturated carbocycles. The second-order valence-corrected chi connectivity index (χ2v) is 8.82. The predicted molar refractivity (Wildman–Crippen MR) is 111 cm³/mol. The molecule has 1 aromatic rings. The van der Waals surface area contributed by atoms with Gasteiger partial charge in [-0.1, -0.05) is 13.8 Å². The maximum Gasteiger partial charge on any atom is 0.317 e. The molecule has 0 radical (unpaired) electrons. The number of halogens is 2. The van der Waals surface area contributed by atoms with Crippen LogP contribution in [0.1, 0.15) is 26.7 Å². The van der Waals surface area contributed by atoms with Crippen LogP contribution in [0.4, 0.5) is 8.78 Å². The Labute approximate surface area is 181 Å². The highest BCUT2D eigenvalue weighted by molar-refractivity contribution is 5.77. The van der Waals surface area contributed by atoms with Crippen LogP contribution in [0.5, 0.6) is 5.75 Å². The summed E-state index contributed by atoms with van der Waals surface area (Å²) in [7, 11) is 0. The molecule has 2 atom stereocenters. The predicted octanol–water partition coefficient (Wildman–Crippen LogP) is 2.06. The van der Waals surface area contributed by atoms with Gasteiger partial charge >= 0.3 is 5.97 Å². The van der Waals surface area contributed by atoms with Gasteiger partial charge in [0.1, 0.15) is 11.9 Å². The first-order valence-corrected chi connectivity index (χ1v) is 10.8. The molecule has 2 aliphatic rings. The molecule has 0 aromatic heterocycles. The Morgan fingerprint density at radius 2 is 1.84 bits per heavy atom. The molecular formula is C22H31F2N3O4. The zero-order chi connectivity index (χ0) is 22.5. The van der Waals surface area contributed by atoms with E-state index in [-0.39, 0.29) is 36.3 Å². The molecule has 2 aliphatic heterocycles. The number of amides is 1. The lowest BCUT2D eigenvalue weighted by Crippen LogP contribution is -2.51. The lowest BCUT2D eigenvalue weighted by molar-refractivity contribution is -0.139. The normalized spacial score (nSPS) is 22.8. The molecule has 31 heavy (non-hydrogen) atoms. The maximum absolute atomic E-state index is 14.0. The molecule has 7 nitrogen and oxygen atoms in total. The molecule has 9 heteroatoms. The van der Waals surface area contributed by atoms with Crippen molar-refractivity contribution in [1.82, 2.24) is 14.7 Å². The van der Waals surface area contributed by atoms with Crippen LogP contribution in [0.25, 0.3) is 0 Å². The van der Waals surface area contributed by atoms with Crippen molar-refractivity contribution in [2.75, 3.05) is 45.8 Å². The van der Waals surface area contributed by atoms with Crippen molar-refractivity contribution in [3.05, 3.63) is 29.8 Å².